The highest BCUT2D eigenvalue weighted by atomic mass is 19.4. The Kier molecular flexibility index (Phi) is 16.1. The van der Waals surface area contributed by atoms with Crippen LogP contribution in [-0.4, -0.2) is 131 Å². The van der Waals surface area contributed by atoms with Crippen molar-refractivity contribution in [1.29, 1.82) is 0 Å². The molecule has 0 radical (unpaired) electrons. The fraction of sp³-hybridized carbons (Fsp3) is 0.720. The summed E-state index contributed by atoms with van der Waals surface area (Å²) < 4.78 is 107. The zero-order chi connectivity index (χ0) is 34.4. The fourth-order valence-corrected chi connectivity index (χ4v) is 4.57. The van der Waals surface area contributed by atoms with Crippen LogP contribution in [0.2, 0.25) is 0 Å². The molecule has 2 atom stereocenters. The van der Waals surface area contributed by atoms with Crippen LogP contribution in [0.3, 0.4) is 0 Å². The molecule has 3 saturated heterocycles. The summed E-state index contributed by atoms with van der Waals surface area (Å²) in [5.41, 5.74) is 1.28. The summed E-state index contributed by atoms with van der Waals surface area (Å²) in [6.07, 6.45) is -6.03. The molecule has 0 bridgehead atoms. The lowest BCUT2D eigenvalue weighted by Crippen LogP contribution is -2.52. The zero-order valence-electron chi connectivity index (χ0n) is 23.7. The van der Waals surface area contributed by atoms with Crippen LogP contribution in [0.5, 0.6) is 0 Å². The van der Waals surface area contributed by atoms with Crippen LogP contribution in [0.1, 0.15) is 31.2 Å². The third kappa shape index (κ3) is 16.2. The van der Waals surface area contributed by atoms with Crippen molar-refractivity contribution in [2.45, 2.75) is 62.9 Å². The van der Waals surface area contributed by atoms with Crippen LogP contribution < -0.4 is 0 Å². The van der Waals surface area contributed by atoms with Gasteiger partial charge in [-0.05, 0) is 44.8 Å². The minimum absolute atomic E-state index is 0.423. The number of alkyl halides is 9. The number of carboxylic acid groups (broad SMARTS) is 3. The summed E-state index contributed by atoms with van der Waals surface area (Å²) in [6.45, 7) is 10.4. The maximum Gasteiger partial charge on any atom is 0.490 e. The Morgan fingerprint density at radius 1 is 0.733 bits per heavy atom. The number of likely N-dealkylation sites (tertiary alicyclic amines) is 2. The van der Waals surface area contributed by atoms with E-state index in [1.54, 1.807) is 6.26 Å². The van der Waals surface area contributed by atoms with E-state index in [1.807, 2.05) is 6.26 Å². The Morgan fingerprint density at radius 2 is 1.22 bits per heavy atom. The topological polar surface area (TPSA) is 144 Å². The summed E-state index contributed by atoms with van der Waals surface area (Å²) in [5.74, 6) is -8.27. The fourth-order valence-electron chi connectivity index (χ4n) is 4.57. The van der Waals surface area contributed by atoms with Crippen LogP contribution >= 0.6 is 0 Å². The molecule has 2 unspecified atom stereocenters. The summed E-state index contributed by atoms with van der Waals surface area (Å²) in [5, 5.41) is 21.4. The third-order valence-corrected chi connectivity index (χ3v) is 6.70. The van der Waals surface area contributed by atoms with Crippen molar-refractivity contribution in [3.63, 3.8) is 0 Å². The lowest BCUT2D eigenvalue weighted by atomic mass is 10.0. The molecule has 3 N–H and O–H groups in total. The van der Waals surface area contributed by atoms with E-state index in [-0.39, 0.29) is 0 Å². The van der Waals surface area contributed by atoms with E-state index in [2.05, 4.69) is 20.8 Å². The number of furan rings is 1. The maximum atomic E-state index is 10.6. The molecule has 3 fully saturated rings. The number of morpholine rings is 1. The maximum absolute atomic E-state index is 10.6. The highest BCUT2D eigenvalue weighted by Gasteiger charge is 2.39. The van der Waals surface area contributed by atoms with Crippen LogP contribution in [0.25, 0.3) is 0 Å². The predicted molar refractivity (Wildman–Crippen MR) is 135 cm³/mol. The average molecular weight is 676 g/mol. The van der Waals surface area contributed by atoms with Crippen LogP contribution in [0.4, 0.5) is 39.5 Å². The molecule has 1 aromatic rings. The van der Waals surface area contributed by atoms with Gasteiger partial charge in [0.25, 0.3) is 0 Å². The van der Waals surface area contributed by atoms with E-state index >= 15 is 0 Å². The molecule has 0 aromatic carbocycles. The summed E-state index contributed by atoms with van der Waals surface area (Å²) in [4.78, 5) is 34.6. The molecule has 11 nitrogen and oxygen atoms in total. The largest absolute Gasteiger partial charge is 0.490 e. The van der Waals surface area contributed by atoms with Gasteiger partial charge in [-0.2, -0.15) is 39.5 Å². The number of carbonyl (C=O) groups is 3. The van der Waals surface area contributed by atoms with Gasteiger partial charge < -0.3 is 29.4 Å². The molecule has 260 valence electrons. The van der Waals surface area contributed by atoms with Crippen molar-refractivity contribution in [1.82, 2.24) is 14.7 Å². The molecular formula is C25H34F9N3O8. The Bertz CT molecular complexity index is 973. The third-order valence-electron chi connectivity index (χ3n) is 6.70. The molecule has 20 heteroatoms. The number of ether oxygens (including phenoxy) is 1. The Balaban J connectivity index is 0.000000396. The van der Waals surface area contributed by atoms with Gasteiger partial charge >= 0.3 is 36.4 Å². The van der Waals surface area contributed by atoms with Crippen molar-refractivity contribution >= 4 is 17.9 Å². The van der Waals surface area contributed by atoms with E-state index in [1.165, 1.54) is 51.0 Å². The van der Waals surface area contributed by atoms with Gasteiger partial charge in [0, 0.05) is 50.9 Å². The number of rotatable bonds is 5. The van der Waals surface area contributed by atoms with Gasteiger partial charge in [-0.25, -0.2) is 14.4 Å². The summed E-state index contributed by atoms with van der Waals surface area (Å²) in [6, 6.07) is 2.69. The highest BCUT2D eigenvalue weighted by molar-refractivity contribution is 5.73. The lowest BCUT2D eigenvalue weighted by molar-refractivity contribution is -0.193. The summed E-state index contributed by atoms with van der Waals surface area (Å²) >= 11 is 0. The van der Waals surface area contributed by atoms with E-state index in [0.29, 0.717) is 12.1 Å². The predicted octanol–water partition coefficient (Wildman–Crippen LogP) is 3.94. The van der Waals surface area contributed by atoms with Gasteiger partial charge in [0.2, 0.25) is 0 Å². The first-order chi connectivity index (χ1) is 20.7. The van der Waals surface area contributed by atoms with Crippen LogP contribution in [0, 0.1) is 0 Å². The van der Waals surface area contributed by atoms with Gasteiger partial charge in [0.1, 0.15) is 0 Å². The van der Waals surface area contributed by atoms with E-state index in [9.17, 15) is 39.5 Å². The minimum atomic E-state index is -5.08. The average Bonchev–Trinajstić information content (AvgIpc) is 3.59. The smallest absolute Gasteiger partial charge is 0.475 e. The normalized spacial score (nSPS) is 21.4. The van der Waals surface area contributed by atoms with Crippen molar-refractivity contribution in [3.05, 3.63) is 24.2 Å². The van der Waals surface area contributed by atoms with Gasteiger partial charge in [0.05, 0.1) is 25.2 Å². The molecule has 0 aliphatic carbocycles. The van der Waals surface area contributed by atoms with Crippen molar-refractivity contribution < 1.29 is 78.4 Å². The molecule has 4 rings (SSSR count). The first kappa shape index (κ1) is 39.9. The van der Waals surface area contributed by atoms with E-state index in [4.69, 9.17) is 38.9 Å². The van der Waals surface area contributed by atoms with Crippen molar-refractivity contribution in [3.8, 4) is 0 Å². The standard InChI is InChI=1S/C19H31N3O2.3C2HF3O2/c1-2-7-20(6-1)10-11-22-12-14-24-19-4-9-21(8-3-18(19)22)15-17-5-13-23-16-17;3*3-2(4,5)1(6)7/h5,13,16,18-19H,1-4,6-12,14-15H2;3*(H,6,7). The quantitative estimate of drug-likeness (QED) is 0.391. The van der Waals surface area contributed by atoms with Crippen LogP contribution in [0.15, 0.2) is 23.0 Å². The number of halogens is 9. The second-order valence-electron chi connectivity index (χ2n) is 9.96. The first-order valence-electron chi connectivity index (χ1n) is 13.4. The molecule has 45 heavy (non-hydrogen) atoms. The molecule has 1 aromatic heterocycles. The lowest BCUT2D eigenvalue weighted by Gasteiger charge is -2.41. The van der Waals surface area contributed by atoms with Gasteiger partial charge in [-0.15, -0.1) is 0 Å². The van der Waals surface area contributed by atoms with Gasteiger partial charge in [-0.1, -0.05) is 0 Å². The Hall–Kier alpha value is -3.10. The monoisotopic (exact) mass is 675 g/mol. The zero-order valence-corrected chi connectivity index (χ0v) is 23.7. The molecule has 4 heterocycles. The van der Waals surface area contributed by atoms with Crippen molar-refractivity contribution in [2.24, 2.45) is 0 Å². The second-order valence-corrected chi connectivity index (χ2v) is 9.96. The number of carboxylic acids is 3. The highest BCUT2D eigenvalue weighted by Crippen LogP contribution is 2.25. The van der Waals surface area contributed by atoms with E-state index < -0.39 is 36.4 Å². The SMILES string of the molecule is O=C(O)C(F)(F)F.O=C(O)C(F)(F)F.O=C(O)C(F)(F)F.c1cc(CN2CCC3OCCN(CCN4CCCC4)C3CC2)co1. The minimum Gasteiger partial charge on any atom is -0.475 e. The van der Waals surface area contributed by atoms with Crippen LogP contribution in [-0.2, 0) is 25.7 Å². The van der Waals surface area contributed by atoms with Crippen molar-refractivity contribution in [2.75, 3.05) is 52.4 Å². The molecular weight excluding hydrogens is 641 g/mol. The number of fused-ring (bicyclic) bond motifs is 1. The number of hydrogen-bond donors (Lipinski definition) is 3. The number of hydrogen-bond acceptors (Lipinski definition) is 8. The van der Waals surface area contributed by atoms with Gasteiger partial charge in [-0.3, -0.25) is 9.80 Å². The molecule has 3 aliphatic rings. The summed E-state index contributed by atoms with van der Waals surface area (Å²) in [7, 11) is 0. The molecule has 0 spiro atoms. The first-order valence-corrected chi connectivity index (χ1v) is 13.4. The molecule has 0 amide bonds. The number of nitrogens with zero attached hydrogens (tertiary/aromatic N) is 3. The number of aliphatic carboxylic acids is 3. The van der Waals surface area contributed by atoms with E-state index in [0.717, 1.165) is 39.2 Å². The molecule has 3 aliphatic heterocycles. The Morgan fingerprint density at radius 3 is 1.67 bits per heavy atom. The second kappa shape index (κ2) is 18.1. The molecule has 0 saturated carbocycles. The Labute approximate surface area is 251 Å². The van der Waals surface area contributed by atoms with Gasteiger partial charge in [0.15, 0.2) is 0 Å².